The quantitative estimate of drug-likeness (QED) is 0.382. The summed E-state index contributed by atoms with van der Waals surface area (Å²) in [5.74, 6) is -1.13. The monoisotopic (exact) mass is 561 g/mol. The SMILES string of the molecule is Cc1ccc(CN(C(=O)CCN2C(=O)c3ccccc3S2(=O)=O)C(Cc2ccccc2)C(=O)NCC(C)C)cc1. The number of hydrogen-bond acceptors (Lipinski definition) is 5. The number of carbonyl (C=O) groups excluding carboxylic acids is 3. The number of fused-ring (bicyclic) bond motifs is 1. The van der Waals surface area contributed by atoms with Crippen molar-refractivity contribution < 1.29 is 22.8 Å². The van der Waals surface area contributed by atoms with Crippen LogP contribution in [0, 0.1) is 12.8 Å². The van der Waals surface area contributed by atoms with Gasteiger partial charge in [0.1, 0.15) is 10.9 Å². The Balaban J connectivity index is 1.63. The van der Waals surface area contributed by atoms with E-state index in [9.17, 15) is 22.8 Å². The van der Waals surface area contributed by atoms with Crippen molar-refractivity contribution in [2.24, 2.45) is 5.92 Å². The first-order chi connectivity index (χ1) is 19.1. The second kappa shape index (κ2) is 12.5. The van der Waals surface area contributed by atoms with Gasteiger partial charge in [-0.25, -0.2) is 12.7 Å². The maximum Gasteiger partial charge on any atom is 0.269 e. The number of nitrogens with zero attached hydrogens (tertiary/aromatic N) is 2. The van der Waals surface area contributed by atoms with E-state index < -0.39 is 27.9 Å². The van der Waals surface area contributed by atoms with Crippen molar-refractivity contribution >= 4 is 27.7 Å². The Morgan fingerprint density at radius 2 is 1.55 bits per heavy atom. The minimum Gasteiger partial charge on any atom is -0.354 e. The number of aryl methyl sites for hydroxylation is 1. The number of amides is 3. The molecule has 210 valence electrons. The van der Waals surface area contributed by atoms with Crippen LogP contribution in [0.2, 0.25) is 0 Å². The molecule has 0 saturated heterocycles. The fourth-order valence-electron chi connectivity index (χ4n) is 4.66. The number of carbonyl (C=O) groups is 3. The fraction of sp³-hybridized carbons (Fsp3) is 0.323. The molecule has 4 rings (SSSR count). The number of sulfonamides is 1. The summed E-state index contributed by atoms with van der Waals surface area (Å²) in [6, 6.07) is 22.4. The lowest BCUT2D eigenvalue weighted by atomic mass is 10.0. The van der Waals surface area contributed by atoms with E-state index in [0.29, 0.717) is 6.54 Å². The van der Waals surface area contributed by atoms with E-state index in [0.717, 1.165) is 21.0 Å². The van der Waals surface area contributed by atoms with Gasteiger partial charge in [-0.2, -0.15) is 0 Å². The number of nitrogens with one attached hydrogen (secondary N) is 1. The first-order valence-corrected chi connectivity index (χ1v) is 14.8. The van der Waals surface area contributed by atoms with E-state index in [1.807, 2.05) is 75.4 Å². The van der Waals surface area contributed by atoms with Gasteiger partial charge in [0.05, 0.1) is 5.56 Å². The van der Waals surface area contributed by atoms with Crippen LogP contribution in [0.5, 0.6) is 0 Å². The van der Waals surface area contributed by atoms with Gasteiger partial charge < -0.3 is 10.2 Å². The van der Waals surface area contributed by atoms with Crippen LogP contribution in [0.4, 0.5) is 0 Å². The molecule has 0 aliphatic carbocycles. The van der Waals surface area contributed by atoms with Gasteiger partial charge in [-0.05, 0) is 36.1 Å². The van der Waals surface area contributed by atoms with Crippen molar-refractivity contribution in [2.75, 3.05) is 13.1 Å². The summed E-state index contributed by atoms with van der Waals surface area (Å²) in [6.07, 6.45) is 0.0301. The van der Waals surface area contributed by atoms with Gasteiger partial charge in [-0.15, -0.1) is 0 Å². The molecule has 1 unspecified atom stereocenters. The van der Waals surface area contributed by atoms with Gasteiger partial charge in [-0.3, -0.25) is 14.4 Å². The summed E-state index contributed by atoms with van der Waals surface area (Å²) in [4.78, 5) is 41.7. The molecule has 0 spiro atoms. The average molecular weight is 562 g/mol. The number of hydrogen-bond donors (Lipinski definition) is 1. The second-order valence-corrected chi connectivity index (χ2v) is 12.3. The fourth-order valence-corrected chi connectivity index (χ4v) is 6.23. The molecule has 3 aromatic rings. The lowest BCUT2D eigenvalue weighted by Gasteiger charge is -2.32. The molecule has 0 fully saturated rings. The van der Waals surface area contributed by atoms with E-state index in [2.05, 4.69) is 5.32 Å². The van der Waals surface area contributed by atoms with Gasteiger partial charge in [0.15, 0.2) is 0 Å². The third-order valence-corrected chi connectivity index (χ3v) is 8.71. The van der Waals surface area contributed by atoms with E-state index in [1.54, 1.807) is 12.1 Å². The van der Waals surface area contributed by atoms with Crippen LogP contribution < -0.4 is 5.32 Å². The number of rotatable bonds is 11. The minimum absolute atomic E-state index is 0.0565. The summed E-state index contributed by atoms with van der Waals surface area (Å²) < 4.78 is 26.9. The lowest BCUT2D eigenvalue weighted by Crippen LogP contribution is -2.51. The van der Waals surface area contributed by atoms with Gasteiger partial charge in [0.2, 0.25) is 11.8 Å². The molecule has 0 bridgehead atoms. The summed E-state index contributed by atoms with van der Waals surface area (Å²) >= 11 is 0. The summed E-state index contributed by atoms with van der Waals surface area (Å²) in [6.45, 7) is 6.25. The third kappa shape index (κ3) is 6.59. The van der Waals surface area contributed by atoms with Crippen LogP contribution in [-0.2, 0) is 32.6 Å². The van der Waals surface area contributed by atoms with E-state index >= 15 is 0 Å². The predicted molar refractivity (Wildman–Crippen MR) is 153 cm³/mol. The van der Waals surface area contributed by atoms with Crippen molar-refractivity contribution in [3.05, 3.63) is 101 Å². The first-order valence-electron chi connectivity index (χ1n) is 13.4. The molecule has 9 heteroatoms. The molecule has 1 heterocycles. The van der Waals surface area contributed by atoms with Gasteiger partial charge in [-0.1, -0.05) is 86.1 Å². The van der Waals surface area contributed by atoms with Gasteiger partial charge in [0, 0.05) is 32.5 Å². The van der Waals surface area contributed by atoms with Crippen LogP contribution in [0.25, 0.3) is 0 Å². The molecule has 3 aromatic carbocycles. The molecule has 0 saturated carbocycles. The molecular weight excluding hydrogens is 526 g/mol. The zero-order valence-corrected chi connectivity index (χ0v) is 23.9. The Morgan fingerprint density at radius 3 is 2.20 bits per heavy atom. The third-order valence-electron chi connectivity index (χ3n) is 6.87. The molecule has 1 N–H and O–H groups in total. The Bertz CT molecular complexity index is 1470. The highest BCUT2D eigenvalue weighted by atomic mass is 32.2. The smallest absolute Gasteiger partial charge is 0.269 e. The molecule has 1 atom stereocenters. The van der Waals surface area contributed by atoms with Gasteiger partial charge >= 0.3 is 0 Å². The van der Waals surface area contributed by atoms with Crippen molar-refractivity contribution in [3.8, 4) is 0 Å². The average Bonchev–Trinajstić information content (AvgIpc) is 3.14. The van der Waals surface area contributed by atoms with E-state index in [-0.39, 0.29) is 48.2 Å². The van der Waals surface area contributed by atoms with Crippen molar-refractivity contribution in [1.82, 2.24) is 14.5 Å². The van der Waals surface area contributed by atoms with Crippen molar-refractivity contribution in [2.45, 2.75) is 51.1 Å². The van der Waals surface area contributed by atoms with E-state index in [4.69, 9.17) is 0 Å². The summed E-state index contributed by atoms with van der Waals surface area (Å²) in [5, 5.41) is 2.97. The molecule has 40 heavy (non-hydrogen) atoms. The topological polar surface area (TPSA) is 104 Å². The largest absolute Gasteiger partial charge is 0.354 e. The Kier molecular flexibility index (Phi) is 9.04. The lowest BCUT2D eigenvalue weighted by molar-refractivity contribution is -0.141. The summed E-state index contributed by atoms with van der Waals surface area (Å²) in [5.41, 5.74) is 2.89. The van der Waals surface area contributed by atoms with Crippen LogP contribution in [0.3, 0.4) is 0 Å². The molecule has 8 nitrogen and oxygen atoms in total. The Labute approximate surface area is 236 Å². The molecule has 0 radical (unpaired) electrons. The zero-order valence-electron chi connectivity index (χ0n) is 23.0. The van der Waals surface area contributed by atoms with Crippen LogP contribution in [0.1, 0.15) is 47.3 Å². The van der Waals surface area contributed by atoms with Crippen LogP contribution >= 0.6 is 0 Å². The highest BCUT2D eigenvalue weighted by Crippen LogP contribution is 2.30. The predicted octanol–water partition coefficient (Wildman–Crippen LogP) is 3.94. The number of benzene rings is 3. The van der Waals surface area contributed by atoms with Crippen LogP contribution in [0.15, 0.2) is 83.8 Å². The highest BCUT2D eigenvalue weighted by Gasteiger charge is 2.41. The van der Waals surface area contributed by atoms with Crippen LogP contribution in [-0.4, -0.2) is 54.5 Å². The van der Waals surface area contributed by atoms with Crippen molar-refractivity contribution in [3.63, 3.8) is 0 Å². The second-order valence-electron chi connectivity index (χ2n) is 10.5. The molecular formula is C31H35N3O5S. The van der Waals surface area contributed by atoms with E-state index in [1.165, 1.54) is 17.0 Å². The highest BCUT2D eigenvalue weighted by molar-refractivity contribution is 7.90. The van der Waals surface area contributed by atoms with Gasteiger partial charge in [0.25, 0.3) is 15.9 Å². The normalized spacial score (nSPS) is 14.6. The molecule has 0 aromatic heterocycles. The standard InChI is InChI=1S/C31H35N3O5S/c1-22(2)20-32-30(36)27(19-24-9-5-4-6-10-24)33(21-25-15-13-23(3)14-16-25)29(35)17-18-34-31(37)26-11-7-8-12-28(26)40(34,38)39/h4-16,22,27H,17-21H2,1-3H3,(H,32,36). The molecule has 1 aliphatic rings. The Hall–Kier alpha value is -3.98. The van der Waals surface area contributed by atoms with Crippen molar-refractivity contribution in [1.29, 1.82) is 0 Å². The maximum absolute atomic E-state index is 13.8. The summed E-state index contributed by atoms with van der Waals surface area (Å²) in [7, 11) is -4.05. The minimum atomic E-state index is -4.05. The zero-order chi connectivity index (χ0) is 28.9. The molecule has 1 aliphatic heterocycles. The first kappa shape index (κ1) is 29.0. The maximum atomic E-state index is 13.8. The molecule has 3 amide bonds. The Morgan fingerprint density at radius 1 is 0.900 bits per heavy atom.